The van der Waals surface area contributed by atoms with Gasteiger partial charge in [-0.15, -0.1) is 0 Å². The molecule has 2 aromatic carbocycles. The fourth-order valence-corrected chi connectivity index (χ4v) is 5.28. The fourth-order valence-electron chi connectivity index (χ4n) is 3.82. The zero-order chi connectivity index (χ0) is 24.0. The number of amides is 2. The Labute approximate surface area is 194 Å². The van der Waals surface area contributed by atoms with Crippen molar-refractivity contribution in [1.82, 2.24) is 14.5 Å². The molecule has 11 heteroatoms. The molecule has 10 nitrogen and oxygen atoms in total. The van der Waals surface area contributed by atoms with Crippen molar-refractivity contribution in [1.29, 1.82) is 0 Å². The van der Waals surface area contributed by atoms with Crippen molar-refractivity contribution in [2.45, 2.75) is 25.3 Å². The number of hydrogen-bond acceptors (Lipinski definition) is 6. The van der Waals surface area contributed by atoms with Crippen LogP contribution in [-0.2, 0) is 16.6 Å². The normalized spacial score (nSPS) is 14.4. The van der Waals surface area contributed by atoms with Crippen LogP contribution < -0.4 is 10.2 Å². The first kappa shape index (κ1) is 24.5. The number of nitrogens with one attached hydrogen (secondary N) is 1. The summed E-state index contributed by atoms with van der Waals surface area (Å²) in [6.07, 6.45) is 0. The monoisotopic (exact) mass is 475 g/mol. The molecule has 2 aromatic rings. The van der Waals surface area contributed by atoms with E-state index in [1.54, 1.807) is 61.2 Å². The van der Waals surface area contributed by atoms with E-state index >= 15 is 0 Å². The van der Waals surface area contributed by atoms with E-state index in [9.17, 15) is 23.3 Å². The third kappa shape index (κ3) is 5.60. The van der Waals surface area contributed by atoms with Gasteiger partial charge < -0.3 is 15.1 Å². The molecule has 0 unspecified atom stereocenters. The first-order valence-corrected chi connectivity index (χ1v) is 12.3. The van der Waals surface area contributed by atoms with Gasteiger partial charge in [0.15, 0.2) is 0 Å². The molecule has 0 aromatic heterocycles. The summed E-state index contributed by atoms with van der Waals surface area (Å²) in [5.74, 6) is 0. The number of benzene rings is 2. The Morgan fingerprint density at radius 2 is 1.64 bits per heavy atom. The van der Waals surface area contributed by atoms with E-state index in [-0.39, 0.29) is 23.2 Å². The summed E-state index contributed by atoms with van der Waals surface area (Å²) in [6, 6.07) is 12.9. The quantitative estimate of drug-likeness (QED) is 0.464. The molecule has 178 valence electrons. The van der Waals surface area contributed by atoms with Gasteiger partial charge in [-0.2, -0.15) is 4.31 Å². The van der Waals surface area contributed by atoms with E-state index in [0.717, 1.165) is 5.56 Å². The smallest absolute Gasteiger partial charge is 0.317 e. The third-order valence-electron chi connectivity index (χ3n) is 5.70. The Morgan fingerprint density at radius 1 is 1.03 bits per heavy atom. The number of carbonyl (C=O) groups is 1. The van der Waals surface area contributed by atoms with E-state index in [2.05, 4.69) is 5.32 Å². The number of carbonyl (C=O) groups excluding carboxylic acids is 1. The highest BCUT2D eigenvalue weighted by molar-refractivity contribution is 7.89. The number of anilines is 1. The van der Waals surface area contributed by atoms with Crippen LogP contribution in [0.2, 0.25) is 0 Å². The number of sulfonamides is 1. The predicted octanol–water partition coefficient (Wildman–Crippen LogP) is 2.66. The molecular weight excluding hydrogens is 446 g/mol. The van der Waals surface area contributed by atoms with E-state index in [4.69, 9.17) is 0 Å². The number of hydrogen-bond donors (Lipinski definition) is 1. The maximum atomic E-state index is 12.6. The van der Waals surface area contributed by atoms with Crippen LogP contribution >= 0.6 is 0 Å². The van der Waals surface area contributed by atoms with Gasteiger partial charge in [-0.25, -0.2) is 13.2 Å². The van der Waals surface area contributed by atoms with Crippen molar-refractivity contribution in [2.24, 2.45) is 0 Å². The highest BCUT2D eigenvalue weighted by Crippen LogP contribution is 2.28. The minimum atomic E-state index is -3.51. The van der Waals surface area contributed by atoms with Gasteiger partial charge in [0.05, 0.1) is 9.82 Å². The van der Waals surface area contributed by atoms with Crippen LogP contribution in [0.3, 0.4) is 0 Å². The number of nitro benzene ring substituents is 1. The summed E-state index contributed by atoms with van der Waals surface area (Å²) < 4.78 is 26.5. The summed E-state index contributed by atoms with van der Waals surface area (Å²) in [6.45, 7) is 6.56. The fraction of sp³-hybridized carbons (Fsp3) is 0.409. The second-order valence-electron chi connectivity index (χ2n) is 7.61. The molecule has 1 heterocycles. The van der Waals surface area contributed by atoms with Crippen LogP contribution in [0.15, 0.2) is 53.4 Å². The van der Waals surface area contributed by atoms with Crippen LogP contribution in [0.25, 0.3) is 0 Å². The van der Waals surface area contributed by atoms with Gasteiger partial charge in [-0.05, 0) is 23.8 Å². The van der Waals surface area contributed by atoms with Crippen molar-refractivity contribution in [3.05, 3.63) is 64.2 Å². The van der Waals surface area contributed by atoms with Crippen LogP contribution in [0.5, 0.6) is 0 Å². The molecule has 0 aliphatic carbocycles. The highest BCUT2D eigenvalue weighted by atomic mass is 32.2. The van der Waals surface area contributed by atoms with Crippen molar-refractivity contribution in [2.75, 3.05) is 44.2 Å². The second kappa shape index (κ2) is 10.6. The maximum absolute atomic E-state index is 12.6. The van der Waals surface area contributed by atoms with Crippen molar-refractivity contribution < 1.29 is 18.1 Å². The van der Waals surface area contributed by atoms with Crippen LogP contribution in [0.1, 0.15) is 19.4 Å². The number of para-hydroxylation sites is 2. The Bertz CT molecular complexity index is 1080. The molecule has 1 N–H and O–H groups in total. The average molecular weight is 476 g/mol. The minimum Gasteiger partial charge on any atom is -0.362 e. The average Bonchev–Trinajstić information content (AvgIpc) is 2.83. The molecule has 1 aliphatic heterocycles. The molecule has 0 bridgehead atoms. The first-order chi connectivity index (χ1) is 15.8. The lowest BCUT2D eigenvalue weighted by Gasteiger charge is -2.35. The van der Waals surface area contributed by atoms with Gasteiger partial charge in [-0.1, -0.05) is 38.1 Å². The van der Waals surface area contributed by atoms with Gasteiger partial charge in [0, 0.05) is 51.9 Å². The van der Waals surface area contributed by atoms with Gasteiger partial charge in [0.1, 0.15) is 5.69 Å². The molecule has 1 saturated heterocycles. The molecule has 1 aliphatic rings. The highest BCUT2D eigenvalue weighted by Gasteiger charge is 2.25. The van der Waals surface area contributed by atoms with E-state index in [1.165, 1.54) is 10.4 Å². The Kier molecular flexibility index (Phi) is 7.88. The third-order valence-corrected chi connectivity index (χ3v) is 7.76. The topological polar surface area (TPSA) is 116 Å². The number of nitrogens with zero attached hydrogens (tertiary/aromatic N) is 4. The Morgan fingerprint density at radius 3 is 2.21 bits per heavy atom. The molecular formula is C22H29N5O5S. The summed E-state index contributed by atoms with van der Waals surface area (Å²) in [5.41, 5.74) is 1.41. The van der Waals surface area contributed by atoms with Crippen molar-refractivity contribution in [3.8, 4) is 0 Å². The van der Waals surface area contributed by atoms with Crippen molar-refractivity contribution in [3.63, 3.8) is 0 Å². The van der Waals surface area contributed by atoms with E-state index in [0.29, 0.717) is 45.0 Å². The van der Waals surface area contributed by atoms with Crippen molar-refractivity contribution >= 4 is 27.4 Å². The SMILES string of the molecule is CCN(CC)S(=O)(=O)c1ccc(CNC(=O)N2CCN(c3ccccc3[N+](=O)[O-])CC2)cc1. The zero-order valence-electron chi connectivity index (χ0n) is 18.8. The lowest BCUT2D eigenvalue weighted by molar-refractivity contribution is -0.384. The standard InChI is InChI=1S/C22H29N5O5S/c1-3-26(4-2)33(31,32)19-11-9-18(10-12-19)17-23-22(28)25-15-13-24(14-16-25)20-7-5-6-8-21(20)27(29)30/h5-12H,3-4,13-17H2,1-2H3,(H,23,28). The van der Waals surface area contributed by atoms with Gasteiger partial charge >= 0.3 is 6.03 Å². The molecule has 0 radical (unpaired) electrons. The zero-order valence-corrected chi connectivity index (χ0v) is 19.6. The lowest BCUT2D eigenvalue weighted by Crippen LogP contribution is -2.51. The van der Waals surface area contributed by atoms with Crippen LogP contribution in [0, 0.1) is 10.1 Å². The molecule has 0 spiro atoms. The van der Waals surface area contributed by atoms with Gasteiger partial charge in [0.2, 0.25) is 10.0 Å². The predicted molar refractivity (Wildman–Crippen MR) is 126 cm³/mol. The van der Waals surface area contributed by atoms with Gasteiger partial charge in [-0.3, -0.25) is 10.1 Å². The number of nitro groups is 1. The molecule has 1 fully saturated rings. The van der Waals surface area contributed by atoms with E-state index < -0.39 is 14.9 Å². The number of urea groups is 1. The molecule has 0 saturated carbocycles. The number of piperazine rings is 1. The summed E-state index contributed by atoms with van der Waals surface area (Å²) >= 11 is 0. The molecule has 2 amide bonds. The molecule has 0 atom stereocenters. The lowest BCUT2D eigenvalue weighted by atomic mass is 10.2. The Hall–Kier alpha value is -3.18. The Balaban J connectivity index is 1.54. The maximum Gasteiger partial charge on any atom is 0.317 e. The number of rotatable bonds is 8. The van der Waals surface area contributed by atoms with E-state index in [1.807, 2.05) is 4.90 Å². The largest absolute Gasteiger partial charge is 0.362 e. The summed E-state index contributed by atoms with van der Waals surface area (Å²) in [7, 11) is -3.51. The minimum absolute atomic E-state index is 0.0573. The molecule has 3 rings (SSSR count). The second-order valence-corrected chi connectivity index (χ2v) is 9.55. The summed E-state index contributed by atoms with van der Waals surface area (Å²) in [4.78, 5) is 27.3. The molecule has 33 heavy (non-hydrogen) atoms. The van der Waals surface area contributed by atoms with Crippen LogP contribution in [-0.4, -0.2) is 67.8 Å². The van der Waals surface area contributed by atoms with Crippen LogP contribution in [0.4, 0.5) is 16.2 Å². The summed E-state index contributed by atoms with van der Waals surface area (Å²) in [5, 5.41) is 14.1. The first-order valence-electron chi connectivity index (χ1n) is 10.9. The van der Waals surface area contributed by atoms with Gasteiger partial charge in [0.25, 0.3) is 5.69 Å².